The lowest BCUT2D eigenvalue weighted by Gasteiger charge is -2.23. The summed E-state index contributed by atoms with van der Waals surface area (Å²) >= 11 is 3.18. The van der Waals surface area contributed by atoms with Crippen molar-refractivity contribution in [2.24, 2.45) is 0 Å². The lowest BCUT2D eigenvalue weighted by Crippen LogP contribution is -2.29. The van der Waals surface area contributed by atoms with Crippen LogP contribution in [0.25, 0.3) is 20.9 Å². The number of carbonyl (C=O) groups is 1. The van der Waals surface area contributed by atoms with Crippen LogP contribution >= 0.6 is 22.7 Å². The van der Waals surface area contributed by atoms with E-state index in [0.29, 0.717) is 24.6 Å². The van der Waals surface area contributed by atoms with Crippen LogP contribution in [0, 0.1) is 0 Å². The summed E-state index contributed by atoms with van der Waals surface area (Å²) in [5.74, 6) is 1.08. The highest BCUT2D eigenvalue weighted by Crippen LogP contribution is 2.29. The molecule has 138 valence electrons. The number of thiazole rings is 1. The number of benzene rings is 1. The number of fused-ring (bicyclic) bond motifs is 1. The molecule has 1 amide bonds. The number of hydrogen-bond donors (Lipinski definition) is 0. The summed E-state index contributed by atoms with van der Waals surface area (Å²) in [6, 6.07) is 11.8. The Hall–Kier alpha value is -2.58. The average Bonchev–Trinajstić information content (AvgIpc) is 3.44. The van der Waals surface area contributed by atoms with Gasteiger partial charge in [0.15, 0.2) is 0 Å². The van der Waals surface area contributed by atoms with Gasteiger partial charge in [0, 0.05) is 19.9 Å². The highest BCUT2D eigenvalue weighted by atomic mass is 32.1. The van der Waals surface area contributed by atoms with Crippen LogP contribution in [0.4, 0.5) is 0 Å². The molecule has 0 N–H and O–H groups in total. The predicted octanol–water partition coefficient (Wildman–Crippen LogP) is 4.56. The van der Waals surface area contributed by atoms with Crippen molar-refractivity contribution in [3.63, 3.8) is 0 Å². The Labute approximate surface area is 164 Å². The molecule has 0 spiro atoms. The maximum absolute atomic E-state index is 12.6. The SMILES string of the molecule is CC(c1nc2ccccc2s1)N(C)C(=O)CCc1nc(-c2cccs2)no1. The van der Waals surface area contributed by atoms with Gasteiger partial charge in [-0.05, 0) is 30.5 Å². The molecule has 0 radical (unpaired) electrons. The van der Waals surface area contributed by atoms with E-state index >= 15 is 0 Å². The predicted molar refractivity (Wildman–Crippen MR) is 107 cm³/mol. The van der Waals surface area contributed by atoms with Crippen LogP contribution in [0.1, 0.15) is 30.3 Å². The number of nitrogens with zero attached hydrogens (tertiary/aromatic N) is 4. The molecule has 6 nitrogen and oxygen atoms in total. The van der Waals surface area contributed by atoms with Gasteiger partial charge in [-0.3, -0.25) is 4.79 Å². The molecule has 27 heavy (non-hydrogen) atoms. The normalized spacial score (nSPS) is 12.4. The lowest BCUT2D eigenvalue weighted by atomic mass is 10.2. The first kappa shape index (κ1) is 17.8. The van der Waals surface area contributed by atoms with E-state index in [1.54, 1.807) is 27.6 Å². The Kier molecular flexibility index (Phi) is 5.00. The van der Waals surface area contributed by atoms with Gasteiger partial charge >= 0.3 is 0 Å². The summed E-state index contributed by atoms with van der Waals surface area (Å²) in [6.45, 7) is 2.00. The van der Waals surface area contributed by atoms with Gasteiger partial charge in [-0.1, -0.05) is 23.4 Å². The van der Waals surface area contributed by atoms with E-state index < -0.39 is 0 Å². The van der Waals surface area contributed by atoms with Crippen molar-refractivity contribution < 1.29 is 9.32 Å². The van der Waals surface area contributed by atoms with E-state index in [4.69, 9.17) is 4.52 Å². The van der Waals surface area contributed by atoms with Gasteiger partial charge < -0.3 is 9.42 Å². The minimum Gasteiger partial charge on any atom is -0.339 e. The summed E-state index contributed by atoms with van der Waals surface area (Å²) in [7, 11) is 1.81. The molecule has 3 heterocycles. The number of aromatic nitrogens is 3. The lowest BCUT2D eigenvalue weighted by molar-refractivity contribution is -0.131. The number of hydrogen-bond acceptors (Lipinski definition) is 7. The smallest absolute Gasteiger partial charge is 0.227 e. The van der Waals surface area contributed by atoms with Crippen LogP contribution in [0.2, 0.25) is 0 Å². The van der Waals surface area contributed by atoms with Crippen molar-refractivity contribution in [1.82, 2.24) is 20.0 Å². The Morgan fingerprint density at radius 3 is 2.85 bits per heavy atom. The molecule has 1 aromatic carbocycles. The largest absolute Gasteiger partial charge is 0.339 e. The van der Waals surface area contributed by atoms with E-state index in [1.165, 1.54) is 0 Å². The van der Waals surface area contributed by atoms with Crippen molar-refractivity contribution in [1.29, 1.82) is 0 Å². The third-order valence-corrected chi connectivity index (χ3v) is 6.48. The molecule has 0 saturated carbocycles. The van der Waals surface area contributed by atoms with E-state index in [2.05, 4.69) is 15.1 Å². The highest BCUT2D eigenvalue weighted by Gasteiger charge is 2.21. The Morgan fingerprint density at radius 1 is 1.22 bits per heavy atom. The minimum atomic E-state index is -0.0840. The van der Waals surface area contributed by atoms with Crippen LogP contribution in [0.5, 0.6) is 0 Å². The molecule has 0 aliphatic carbocycles. The Morgan fingerprint density at radius 2 is 2.07 bits per heavy atom. The number of aryl methyl sites for hydroxylation is 1. The summed E-state index contributed by atoms with van der Waals surface area (Å²) in [6.07, 6.45) is 0.742. The van der Waals surface area contributed by atoms with E-state index in [9.17, 15) is 4.79 Å². The summed E-state index contributed by atoms with van der Waals surface area (Å²) in [4.78, 5) is 24.3. The second-order valence-electron chi connectivity index (χ2n) is 6.19. The quantitative estimate of drug-likeness (QED) is 0.476. The fourth-order valence-electron chi connectivity index (χ4n) is 2.70. The van der Waals surface area contributed by atoms with Gasteiger partial charge in [0.1, 0.15) is 5.01 Å². The van der Waals surface area contributed by atoms with Gasteiger partial charge in [-0.25, -0.2) is 4.98 Å². The van der Waals surface area contributed by atoms with Crippen LogP contribution in [0.15, 0.2) is 46.3 Å². The molecular formula is C19H18N4O2S2. The van der Waals surface area contributed by atoms with Gasteiger partial charge in [0.2, 0.25) is 17.6 Å². The monoisotopic (exact) mass is 398 g/mol. The number of carbonyl (C=O) groups excluding carboxylic acids is 1. The second kappa shape index (κ2) is 7.58. The highest BCUT2D eigenvalue weighted by molar-refractivity contribution is 7.18. The van der Waals surface area contributed by atoms with Crippen molar-refractivity contribution in [3.8, 4) is 10.7 Å². The fourth-order valence-corrected chi connectivity index (χ4v) is 4.41. The number of thiophene rings is 1. The first-order valence-corrected chi connectivity index (χ1v) is 10.3. The molecule has 3 aromatic heterocycles. The second-order valence-corrected chi connectivity index (χ2v) is 8.20. The zero-order valence-corrected chi connectivity index (χ0v) is 16.6. The summed E-state index contributed by atoms with van der Waals surface area (Å²) in [5, 5.41) is 6.88. The molecule has 0 saturated heterocycles. The van der Waals surface area contributed by atoms with Crippen LogP contribution < -0.4 is 0 Å². The first-order valence-electron chi connectivity index (χ1n) is 8.59. The van der Waals surface area contributed by atoms with Crippen molar-refractivity contribution >= 4 is 38.8 Å². The molecule has 0 aliphatic heterocycles. The van der Waals surface area contributed by atoms with E-state index in [1.807, 2.05) is 55.7 Å². The number of rotatable bonds is 6. The number of amides is 1. The molecule has 1 unspecified atom stereocenters. The van der Waals surface area contributed by atoms with Gasteiger partial charge in [0.05, 0.1) is 21.1 Å². The molecule has 4 aromatic rings. The van der Waals surface area contributed by atoms with E-state index in [-0.39, 0.29) is 11.9 Å². The van der Waals surface area contributed by atoms with Crippen molar-refractivity contribution in [3.05, 3.63) is 52.7 Å². The maximum atomic E-state index is 12.6. The zero-order chi connectivity index (χ0) is 18.8. The third-order valence-electron chi connectivity index (χ3n) is 4.40. The van der Waals surface area contributed by atoms with Gasteiger partial charge in [-0.15, -0.1) is 22.7 Å². The molecule has 0 bridgehead atoms. The van der Waals surface area contributed by atoms with Crippen LogP contribution in [-0.2, 0) is 11.2 Å². The van der Waals surface area contributed by atoms with Crippen LogP contribution in [0.3, 0.4) is 0 Å². The topological polar surface area (TPSA) is 72.1 Å². The number of para-hydroxylation sites is 1. The average molecular weight is 399 g/mol. The molecule has 0 fully saturated rings. The first-order chi connectivity index (χ1) is 13.1. The van der Waals surface area contributed by atoms with Crippen molar-refractivity contribution in [2.45, 2.75) is 25.8 Å². The molecule has 0 aliphatic rings. The zero-order valence-electron chi connectivity index (χ0n) is 15.0. The summed E-state index contributed by atoms with van der Waals surface area (Å²) in [5.41, 5.74) is 0.970. The minimum absolute atomic E-state index is 0.0256. The maximum Gasteiger partial charge on any atom is 0.227 e. The van der Waals surface area contributed by atoms with Crippen molar-refractivity contribution in [2.75, 3.05) is 7.05 Å². The van der Waals surface area contributed by atoms with Gasteiger partial charge in [0.25, 0.3) is 0 Å². The van der Waals surface area contributed by atoms with Gasteiger partial charge in [-0.2, -0.15) is 4.98 Å². The third kappa shape index (κ3) is 3.77. The summed E-state index contributed by atoms with van der Waals surface area (Å²) < 4.78 is 6.40. The Bertz CT molecular complexity index is 1020. The van der Waals surface area contributed by atoms with E-state index in [0.717, 1.165) is 20.1 Å². The molecular weight excluding hydrogens is 380 g/mol. The van der Waals surface area contributed by atoms with Crippen LogP contribution in [-0.4, -0.2) is 33.0 Å². The molecule has 1 atom stereocenters. The molecule has 8 heteroatoms. The Balaban J connectivity index is 1.38. The molecule has 4 rings (SSSR count). The standard InChI is InChI=1S/C19H18N4O2S2/c1-12(19-20-13-6-3-4-7-14(13)27-19)23(2)17(24)10-9-16-21-18(22-25-16)15-8-5-11-26-15/h3-8,11-12H,9-10H2,1-2H3. The fraction of sp³-hybridized carbons (Fsp3) is 0.263.